The van der Waals surface area contributed by atoms with Crippen molar-refractivity contribution in [1.82, 2.24) is 4.57 Å². The summed E-state index contributed by atoms with van der Waals surface area (Å²) in [6.07, 6.45) is 0. The fraction of sp³-hybridized carbons (Fsp3) is 0. The van der Waals surface area contributed by atoms with E-state index >= 15 is 0 Å². The van der Waals surface area contributed by atoms with Gasteiger partial charge in [0, 0.05) is 39.8 Å². The van der Waals surface area contributed by atoms with Crippen LogP contribution in [-0.4, -0.2) is 11.3 Å². The predicted molar refractivity (Wildman–Crippen MR) is 207 cm³/mol. The highest BCUT2D eigenvalue weighted by Crippen LogP contribution is 2.46. The molecule has 6 heteroatoms. The van der Waals surface area contributed by atoms with Gasteiger partial charge in [-0.15, -0.1) is 0 Å². The zero-order chi connectivity index (χ0) is 33.3. The van der Waals surface area contributed by atoms with E-state index in [-0.39, 0.29) is 6.71 Å². The maximum atomic E-state index is 8.10. The van der Waals surface area contributed by atoms with Crippen molar-refractivity contribution in [2.75, 3.05) is 9.80 Å². The van der Waals surface area contributed by atoms with Gasteiger partial charge in [0.15, 0.2) is 0 Å². The third-order valence-corrected chi connectivity index (χ3v) is 10.2. The van der Waals surface area contributed by atoms with Crippen LogP contribution in [0.25, 0.3) is 37.2 Å². The Balaban J connectivity index is 1.30. The van der Waals surface area contributed by atoms with E-state index < -0.39 is 0 Å². The third-order valence-electron chi connectivity index (χ3n) is 10.2. The monoisotopic (exact) mass is 635 g/mol. The molecule has 0 unspecified atom stereocenters. The summed E-state index contributed by atoms with van der Waals surface area (Å²) in [4.78, 5) is 12.7. The van der Waals surface area contributed by atoms with E-state index in [0.717, 1.165) is 50.2 Å². The summed E-state index contributed by atoms with van der Waals surface area (Å²) in [5, 5.41) is 1.93. The second kappa shape index (κ2) is 10.8. The minimum Gasteiger partial charge on any atom is -0.329 e. The topological polar surface area (TPSA) is 20.1 Å². The molecule has 7 aromatic carbocycles. The Hall–Kier alpha value is -7.02. The lowest BCUT2D eigenvalue weighted by Crippen LogP contribution is -2.61. The number of para-hydroxylation sites is 5. The van der Waals surface area contributed by atoms with E-state index in [0.29, 0.717) is 11.4 Å². The van der Waals surface area contributed by atoms with Gasteiger partial charge in [-0.1, -0.05) is 103 Å². The Morgan fingerprint density at radius 1 is 0.420 bits per heavy atom. The van der Waals surface area contributed by atoms with Crippen molar-refractivity contribution >= 4 is 90.4 Å². The molecule has 0 bridgehead atoms. The molecule has 50 heavy (non-hydrogen) atoms. The van der Waals surface area contributed by atoms with E-state index in [2.05, 4.69) is 158 Å². The van der Waals surface area contributed by atoms with Crippen molar-refractivity contribution in [2.24, 2.45) is 0 Å². The lowest BCUT2D eigenvalue weighted by molar-refractivity contribution is 1.17. The lowest BCUT2D eigenvalue weighted by atomic mass is 9.33. The molecule has 2 aliphatic rings. The number of nitrogens with zero attached hydrogens (tertiary/aromatic N) is 5. The molecule has 0 radical (unpaired) electrons. The smallest absolute Gasteiger partial charge is 0.252 e. The summed E-state index contributed by atoms with van der Waals surface area (Å²) in [6.45, 7) is 16.2. The highest BCUT2D eigenvalue weighted by molar-refractivity contribution is 7.00. The van der Waals surface area contributed by atoms with E-state index in [1.165, 1.54) is 27.8 Å². The van der Waals surface area contributed by atoms with Gasteiger partial charge < -0.3 is 14.4 Å². The first-order valence-electron chi connectivity index (χ1n) is 16.6. The summed E-state index contributed by atoms with van der Waals surface area (Å²) in [5.74, 6) is 0. The van der Waals surface area contributed by atoms with Gasteiger partial charge in [0.2, 0.25) is 11.4 Å². The van der Waals surface area contributed by atoms with Crippen molar-refractivity contribution in [1.29, 1.82) is 0 Å². The predicted octanol–water partition coefficient (Wildman–Crippen LogP) is 9.97. The fourth-order valence-corrected chi connectivity index (χ4v) is 8.24. The number of hydrogen-bond acceptors (Lipinski definition) is 2. The van der Waals surface area contributed by atoms with Crippen molar-refractivity contribution in [3.05, 3.63) is 181 Å². The molecule has 0 atom stereocenters. The molecule has 0 saturated carbocycles. The summed E-state index contributed by atoms with van der Waals surface area (Å²) in [7, 11) is 0. The maximum Gasteiger partial charge on any atom is 0.252 e. The van der Waals surface area contributed by atoms with Crippen LogP contribution in [0, 0.1) is 13.1 Å². The van der Waals surface area contributed by atoms with Gasteiger partial charge in [0.1, 0.15) is 0 Å². The summed E-state index contributed by atoms with van der Waals surface area (Å²) < 4.78 is 2.13. The van der Waals surface area contributed by atoms with Crippen LogP contribution < -0.4 is 26.2 Å². The first-order valence-corrected chi connectivity index (χ1v) is 16.6. The summed E-state index contributed by atoms with van der Waals surface area (Å²) in [6, 6.07) is 55.0. The standard InChI is InChI=1S/C44H26BN5/c1-46-36-21-11-18-32-33-19-12-22-37(47-2)44(33)50(43(32)36)31-26-27-35-41(28-31)49(30-16-7-4-8-17-30)40-25-13-24-39-42(40)45(35)34-20-9-10-23-38(34)48(39)29-14-5-3-6-15-29/h3-28H. The van der Waals surface area contributed by atoms with Gasteiger partial charge in [-0.2, -0.15) is 0 Å². The van der Waals surface area contributed by atoms with Crippen molar-refractivity contribution in [2.45, 2.75) is 0 Å². The minimum absolute atomic E-state index is 0.00266. The van der Waals surface area contributed by atoms with Crippen molar-refractivity contribution in [3.63, 3.8) is 0 Å². The maximum absolute atomic E-state index is 8.10. The molecular weight excluding hydrogens is 609 g/mol. The lowest BCUT2D eigenvalue weighted by Gasteiger charge is -2.44. The Kier molecular flexibility index (Phi) is 6.03. The van der Waals surface area contributed by atoms with E-state index in [1.807, 2.05) is 24.3 Å². The molecule has 0 spiro atoms. The first-order chi connectivity index (χ1) is 24.8. The zero-order valence-electron chi connectivity index (χ0n) is 26.8. The quantitative estimate of drug-likeness (QED) is 0.142. The molecule has 0 amide bonds. The largest absolute Gasteiger partial charge is 0.329 e. The van der Waals surface area contributed by atoms with Crippen LogP contribution in [0.1, 0.15) is 0 Å². The van der Waals surface area contributed by atoms with Gasteiger partial charge in [0.25, 0.3) is 6.71 Å². The van der Waals surface area contributed by atoms with Gasteiger partial charge in [0.05, 0.1) is 24.2 Å². The molecule has 1 aromatic heterocycles. The van der Waals surface area contributed by atoms with Crippen LogP contribution in [-0.2, 0) is 0 Å². The summed E-state index contributed by atoms with van der Waals surface area (Å²) in [5.41, 5.74) is 14.1. The molecule has 0 N–H and O–H groups in total. The van der Waals surface area contributed by atoms with E-state index in [9.17, 15) is 0 Å². The summed E-state index contributed by atoms with van der Waals surface area (Å²) >= 11 is 0. The second-order valence-corrected chi connectivity index (χ2v) is 12.7. The zero-order valence-corrected chi connectivity index (χ0v) is 26.8. The molecule has 0 fully saturated rings. The molecule has 0 aliphatic carbocycles. The molecule has 5 nitrogen and oxygen atoms in total. The van der Waals surface area contributed by atoms with E-state index in [4.69, 9.17) is 13.1 Å². The van der Waals surface area contributed by atoms with Crippen LogP contribution in [0.3, 0.4) is 0 Å². The van der Waals surface area contributed by atoms with Crippen molar-refractivity contribution < 1.29 is 0 Å². The average Bonchev–Trinajstić information content (AvgIpc) is 3.53. The number of anilines is 6. The highest BCUT2D eigenvalue weighted by atomic mass is 15.2. The van der Waals surface area contributed by atoms with Crippen LogP contribution >= 0.6 is 0 Å². The average molecular weight is 636 g/mol. The molecular formula is C44H26BN5. The number of benzene rings is 7. The molecule has 0 saturated heterocycles. The Morgan fingerprint density at radius 2 is 0.920 bits per heavy atom. The van der Waals surface area contributed by atoms with Gasteiger partial charge >= 0.3 is 0 Å². The Labute approximate surface area is 290 Å². The molecule has 8 aromatic rings. The first kappa shape index (κ1) is 28.0. The van der Waals surface area contributed by atoms with Crippen LogP contribution in [0.2, 0.25) is 0 Å². The number of hydrogen-bond donors (Lipinski definition) is 0. The minimum atomic E-state index is -0.00266. The van der Waals surface area contributed by atoms with Crippen LogP contribution in [0.4, 0.5) is 45.5 Å². The second-order valence-electron chi connectivity index (χ2n) is 12.7. The number of aromatic nitrogens is 1. The fourth-order valence-electron chi connectivity index (χ4n) is 8.24. The Morgan fingerprint density at radius 3 is 1.52 bits per heavy atom. The Bertz CT molecular complexity index is 2680. The highest BCUT2D eigenvalue weighted by Gasteiger charge is 2.43. The number of rotatable bonds is 3. The van der Waals surface area contributed by atoms with Gasteiger partial charge in [-0.3, -0.25) is 0 Å². The molecule has 2 aliphatic heterocycles. The van der Waals surface area contributed by atoms with Gasteiger partial charge in [-0.05, 0) is 81.8 Å². The van der Waals surface area contributed by atoms with Crippen molar-refractivity contribution in [3.8, 4) is 5.69 Å². The SMILES string of the molecule is [C-]#[N+]c1cccc2c3cccc([N+]#[C-])c3n(-c3ccc4c(c3)N(c3ccccc3)c3cccc5c3B4c3ccccc3N5c3ccccc3)c12. The molecule has 230 valence electrons. The third kappa shape index (κ3) is 3.82. The van der Waals surface area contributed by atoms with E-state index in [1.54, 1.807) is 0 Å². The molecule has 3 heterocycles. The number of fused-ring (bicyclic) bond motifs is 7. The van der Waals surface area contributed by atoms with Crippen LogP contribution in [0.5, 0.6) is 0 Å². The van der Waals surface area contributed by atoms with Crippen LogP contribution in [0.15, 0.2) is 158 Å². The molecule has 10 rings (SSSR count). The normalized spacial score (nSPS) is 12.6. The van der Waals surface area contributed by atoms with Gasteiger partial charge in [-0.25, -0.2) is 9.69 Å².